The summed E-state index contributed by atoms with van der Waals surface area (Å²) in [5.41, 5.74) is 3.58. The summed E-state index contributed by atoms with van der Waals surface area (Å²) < 4.78 is 40.9. The Morgan fingerprint density at radius 2 is 1.91 bits per heavy atom. The molecule has 0 unspecified atom stereocenters. The largest absolute Gasteiger partial charge is 0.309 e. The zero-order chi connectivity index (χ0) is 15.7. The highest BCUT2D eigenvalue weighted by atomic mass is 35.5. The molecule has 7 heteroatoms. The smallest absolute Gasteiger partial charge is 0.243 e. The minimum atomic E-state index is -3.87. The average molecular weight is 357 g/mol. The Kier molecular flexibility index (Phi) is 5.41. The number of nitrogens with one attached hydrogen (secondary N) is 2. The van der Waals surface area contributed by atoms with E-state index in [1.807, 2.05) is 18.2 Å². The highest BCUT2D eigenvalue weighted by Gasteiger charge is 2.20. The summed E-state index contributed by atoms with van der Waals surface area (Å²) in [7, 11) is -3.87. The maximum Gasteiger partial charge on any atom is 0.243 e. The molecule has 2 aromatic rings. The summed E-state index contributed by atoms with van der Waals surface area (Å²) in [5.74, 6) is -0.701. The van der Waals surface area contributed by atoms with Crippen molar-refractivity contribution in [1.29, 1.82) is 0 Å². The third-order valence-corrected chi connectivity index (χ3v) is 5.23. The van der Waals surface area contributed by atoms with Gasteiger partial charge in [0, 0.05) is 19.6 Å². The van der Waals surface area contributed by atoms with Crippen molar-refractivity contribution < 1.29 is 12.8 Å². The van der Waals surface area contributed by atoms with Crippen LogP contribution in [0.5, 0.6) is 0 Å². The lowest BCUT2D eigenvalue weighted by molar-refractivity contribution is 0.553. The van der Waals surface area contributed by atoms with Crippen molar-refractivity contribution >= 4 is 22.4 Å². The van der Waals surface area contributed by atoms with Gasteiger partial charge in [0.1, 0.15) is 10.7 Å². The summed E-state index contributed by atoms with van der Waals surface area (Å²) in [6.45, 7) is 3.32. The molecule has 2 aromatic carbocycles. The van der Waals surface area contributed by atoms with Gasteiger partial charge in [-0.25, -0.2) is 17.5 Å². The predicted octanol–water partition coefficient (Wildman–Crippen LogP) is 2.64. The zero-order valence-electron chi connectivity index (χ0n) is 12.6. The third-order valence-electron chi connectivity index (χ3n) is 3.81. The molecule has 0 aliphatic carbocycles. The van der Waals surface area contributed by atoms with Crippen LogP contribution in [0.1, 0.15) is 22.3 Å². The lowest BCUT2D eigenvalue weighted by Crippen LogP contribution is -2.24. The fourth-order valence-corrected chi connectivity index (χ4v) is 3.71. The molecule has 0 bridgehead atoms. The molecule has 1 aliphatic heterocycles. The SMILES string of the molecule is Cc1cccc(S(=O)(=O)NCc2ccc3c(c2)CNC3)c1F.Cl. The Labute approximate surface area is 141 Å². The van der Waals surface area contributed by atoms with Gasteiger partial charge in [0.05, 0.1) is 0 Å². The van der Waals surface area contributed by atoms with Crippen molar-refractivity contribution in [3.63, 3.8) is 0 Å². The molecule has 4 nitrogen and oxygen atoms in total. The lowest BCUT2D eigenvalue weighted by Gasteiger charge is -2.10. The van der Waals surface area contributed by atoms with Gasteiger partial charge in [-0.1, -0.05) is 30.3 Å². The summed E-state index contributed by atoms with van der Waals surface area (Å²) in [6.07, 6.45) is 0. The highest BCUT2D eigenvalue weighted by molar-refractivity contribution is 7.89. The molecule has 1 aliphatic rings. The van der Waals surface area contributed by atoms with E-state index in [1.54, 1.807) is 13.0 Å². The average Bonchev–Trinajstić information content (AvgIpc) is 2.95. The first-order valence-electron chi connectivity index (χ1n) is 7.03. The standard InChI is InChI=1S/C16H17FN2O2S.ClH/c1-11-3-2-4-15(16(11)17)22(20,21)19-8-12-5-6-13-9-18-10-14(13)7-12;/h2-7,18-19H,8-10H2,1H3;1H. The van der Waals surface area contributed by atoms with Crippen LogP contribution in [0.15, 0.2) is 41.3 Å². The molecular weight excluding hydrogens is 339 g/mol. The van der Waals surface area contributed by atoms with Crippen molar-refractivity contribution in [2.45, 2.75) is 31.5 Å². The summed E-state index contributed by atoms with van der Waals surface area (Å²) >= 11 is 0. The Balaban J connectivity index is 0.00000192. The van der Waals surface area contributed by atoms with Crippen molar-refractivity contribution in [2.75, 3.05) is 0 Å². The Bertz CT molecular complexity index is 825. The molecule has 0 atom stereocenters. The number of rotatable bonds is 4. The topological polar surface area (TPSA) is 58.2 Å². The Morgan fingerprint density at radius 1 is 1.17 bits per heavy atom. The van der Waals surface area contributed by atoms with Gasteiger partial charge in [0.25, 0.3) is 0 Å². The maximum absolute atomic E-state index is 14.0. The second kappa shape index (κ2) is 6.97. The van der Waals surface area contributed by atoms with Crippen LogP contribution in [-0.4, -0.2) is 8.42 Å². The van der Waals surface area contributed by atoms with Gasteiger partial charge in [0.2, 0.25) is 10.0 Å². The molecule has 3 rings (SSSR count). The molecule has 2 N–H and O–H groups in total. The van der Waals surface area contributed by atoms with Gasteiger partial charge in [-0.3, -0.25) is 0 Å². The van der Waals surface area contributed by atoms with Gasteiger partial charge in [-0.2, -0.15) is 0 Å². The highest BCUT2D eigenvalue weighted by Crippen LogP contribution is 2.19. The van der Waals surface area contributed by atoms with E-state index in [9.17, 15) is 12.8 Å². The normalized spacial score (nSPS) is 13.5. The number of sulfonamides is 1. The summed E-state index contributed by atoms with van der Waals surface area (Å²) in [6, 6.07) is 10.2. The maximum atomic E-state index is 14.0. The van der Waals surface area contributed by atoms with E-state index in [2.05, 4.69) is 10.0 Å². The van der Waals surface area contributed by atoms with Crippen molar-refractivity contribution in [1.82, 2.24) is 10.0 Å². The molecule has 0 aromatic heterocycles. The van der Waals surface area contributed by atoms with Crippen LogP contribution in [-0.2, 0) is 29.7 Å². The quantitative estimate of drug-likeness (QED) is 0.885. The van der Waals surface area contributed by atoms with E-state index in [-0.39, 0.29) is 23.8 Å². The predicted molar refractivity (Wildman–Crippen MR) is 89.4 cm³/mol. The Morgan fingerprint density at radius 3 is 2.70 bits per heavy atom. The van der Waals surface area contributed by atoms with Crippen molar-refractivity contribution in [3.8, 4) is 0 Å². The van der Waals surface area contributed by atoms with E-state index >= 15 is 0 Å². The van der Waals surface area contributed by atoms with Gasteiger partial charge in [-0.05, 0) is 35.2 Å². The van der Waals surface area contributed by atoms with E-state index in [1.165, 1.54) is 23.3 Å². The van der Waals surface area contributed by atoms with E-state index in [0.29, 0.717) is 5.56 Å². The second-order valence-corrected chi connectivity index (χ2v) is 7.15. The Hall–Kier alpha value is -1.47. The first-order chi connectivity index (χ1) is 10.5. The van der Waals surface area contributed by atoms with E-state index in [4.69, 9.17) is 0 Å². The van der Waals surface area contributed by atoms with Crippen molar-refractivity contribution in [3.05, 3.63) is 64.5 Å². The number of benzene rings is 2. The molecule has 23 heavy (non-hydrogen) atoms. The van der Waals surface area contributed by atoms with Gasteiger partial charge in [-0.15, -0.1) is 12.4 Å². The summed E-state index contributed by atoms with van der Waals surface area (Å²) in [5, 5.41) is 3.24. The first kappa shape index (κ1) is 17.9. The van der Waals surface area contributed by atoms with Gasteiger partial charge < -0.3 is 5.32 Å². The number of fused-ring (bicyclic) bond motifs is 1. The van der Waals surface area contributed by atoms with Gasteiger partial charge in [0.15, 0.2) is 0 Å². The first-order valence-corrected chi connectivity index (χ1v) is 8.52. The third kappa shape index (κ3) is 3.72. The van der Waals surface area contributed by atoms with Crippen LogP contribution in [0.3, 0.4) is 0 Å². The van der Waals surface area contributed by atoms with Crippen LogP contribution < -0.4 is 10.0 Å². The molecular formula is C16H18ClFN2O2S. The van der Waals surface area contributed by atoms with Crippen molar-refractivity contribution in [2.24, 2.45) is 0 Å². The molecule has 0 amide bonds. The monoisotopic (exact) mass is 356 g/mol. The second-order valence-electron chi connectivity index (χ2n) is 5.42. The lowest BCUT2D eigenvalue weighted by atomic mass is 10.1. The zero-order valence-corrected chi connectivity index (χ0v) is 14.2. The number of aryl methyl sites for hydroxylation is 1. The fourth-order valence-electron chi connectivity index (χ4n) is 2.54. The van der Waals surface area contributed by atoms with Crippen LogP contribution in [0.2, 0.25) is 0 Å². The minimum absolute atomic E-state index is 0. The van der Waals surface area contributed by atoms with E-state index in [0.717, 1.165) is 18.7 Å². The van der Waals surface area contributed by atoms with Crippen LogP contribution in [0.25, 0.3) is 0 Å². The number of hydrogen-bond donors (Lipinski definition) is 2. The van der Waals surface area contributed by atoms with Crippen LogP contribution in [0, 0.1) is 12.7 Å². The molecule has 1 heterocycles. The molecule has 0 radical (unpaired) electrons. The van der Waals surface area contributed by atoms with E-state index < -0.39 is 15.8 Å². The number of halogens is 2. The fraction of sp³-hybridized carbons (Fsp3) is 0.250. The molecule has 0 saturated carbocycles. The molecule has 0 fully saturated rings. The molecule has 0 spiro atoms. The van der Waals surface area contributed by atoms with Crippen LogP contribution >= 0.6 is 12.4 Å². The molecule has 124 valence electrons. The van der Waals surface area contributed by atoms with Crippen LogP contribution in [0.4, 0.5) is 4.39 Å². The molecule has 0 saturated heterocycles. The number of hydrogen-bond acceptors (Lipinski definition) is 3. The van der Waals surface area contributed by atoms with Gasteiger partial charge >= 0.3 is 0 Å². The summed E-state index contributed by atoms with van der Waals surface area (Å²) in [4.78, 5) is -0.310. The minimum Gasteiger partial charge on any atom is -0.309 e.